The second-order valence-electron chi connectivity index (χ2n) is 3.57. The van der Waals surface area contributed by atoms with Crippen molar-refractivity contribution in [3.8, 4) is 0 Å². The Morgan fingerprint density at radius 1 is 1.38 bits per heavy atom. The minimum Gasteiger partial charge on any atom is -0.354 e. The molecule has 0 bridgehead atoms. The monoisotopic (exact) mass is 245 g/mol. The van der Waals surface area contributed by atoms with E-state index in [2.05, 4.69) is 17.9 Å². The lowest BCUT2D eigenvalue weighted by atomic mass is 10.3. The van der Waals surface area contributed by atoms with E-state index in [0.717, 1.165) is 0 Å². The van der Waals surface area contributed by atoms with Crippen LogP contribution in [0.2, 0.25) is 0 Å². The maximum Gasteiger partial charge on any atom is 0.242 e. The molecule has 1 aliphatic rings. The van der Waals surface area contributed by atoms with Gasteiger partial charge in [-0.05, 0) is 0 Å². The van der Waals surface area contributed by atoms with Crippen molar-refractivity contribution in [2.75, 3.05) is 39.0 Å². The molecule has 0 aliphatic carbocycles. The maximum atomic E-state index is 11.5. The molecule has 1 rings (SSSR count). The van der Waals surface area contributed by atoms with Crippen molar-refractivity contribution in [2.45, 2.75) is 0 Å². The fourth-order valence-corrected chi connectivity index (χ4v) is 1.46. The average Bonchev–Trinajstić information content (AvgIpc) is 2.25. The van der Waals surface area contributed by atoms with Crippen molar-refractivity contribution in [3.05, 3.63) is 0 Å². The van der Waals surface area contributed by atoms with E-state index in [9.17, 15) is 14.4 Å². The molecule has 1 saturated heterocycles. The highest BCUT2D eigenvalue weighted by Crippen LogP contribution is 2.01. The van der Waals surface area contributed by atoms with E-state index >= 15 is 0 Å². The Morgan fingerprint density at radius 2 is 2.06 bits per heavy atom. The molecule has 6 nitrogen and oxygen atoms in total. The highest BCUT2D eigenvalue weighted by Gasteiger charge is 2.26. The van der Waals surface area contributed by atoms with Crippen molar-refractivity contribution in [1.29, 1.82) is 0 Å². The second kappa shape index (κ2) is 5.74. The molecule has 1 fully saturated rings. The number of likely N-dealkylation sites (N-methyl/N-ethyl adjacent to an activating group) is 1. The standard InChI is InChI=1S/C9H15N3O3S/c1-11-4-9(15)12(5-8(11)14)3-2-10-7(13)6-16/h16H,2-6H2,1H3,(H,10,13). The third kappa shape index (κ3) is 3.41. The maximum absolute atomic E-state index is 11.5. The number of thiol groups is 1. The number of piperazine rings is 1. The lowest BCUT2D eigenvalue weighted by Gasteiger charge is -2.31. The van der Waals surface area contributed by atoms with Gasteiger partial charge in [-0.1, -0.05) is 0 Å². The molecule has 0 aromatic heterocycles. The van der Waals surface area contributed by atoms with Crippen molar-refractivity contribution in [1.82, 2.24) is 15.1 Å². The first-order valence-electron chi connectivity index (χ1n) is 4.94. The van der Waals surface area contributed by atoms with Crippen molar-refractivity contribution in [2.24, 2.45) is 0 Å². The molecular weight excluding hydrogens is 230 g/mol. The van der Waals surface area contributed by atoms with Crippen LogP contribution >= 0.6 is 12.6 Å². The van der Waals surface area contributed by atoms with Crippen molar-refractivity contribution < 1.29 is 14.4 Å². The third-order valence-corrected chi connectivity index (χ3v) is 2.61. The Hall–Kier alpha value is -1.24. The number of nitrogens with zero attached hydrogens (tertiary/aromatic N) is 2. The molecule has 1 N–H and O–H groups in total. The summed E-state index contributed by atoms with van der Waals surface area (Å²) in [5.41, 5.74) is 0. The zero-order valence-corrected chi connectivity index (χ0v) is 10.00. The predicted molar refractivity (Wildman–Crippen MR) is 61.1 cm³/mol. The molecule has 0 radical (unpaired) electrons. The Balaban J connectivity index is 2.34. The Labute approximate surface area is 99.4 Å². The molecule has 0 atom stereocenters. The van der Waals surface area contributed by atoms with E-state index in [4.69, 9.17) is 0 Å². The Morgan fingerprint density at radius 3 is 2.69 bits per heavy atom. The average molecular weight is 245 g/mol. The largest absolute Gasteiger partial charge is 0.354 e. The van der Waals surface area contributed by atoms with E-state index < -0.39 is 0 Å². The fraction of sp³-hybridized carbons (Fsp3) is 0.667. The summed E-state index contributed by atoms with van der Waals surface area (Å²) in [6.45, 7) is 0.908. The van der Waals surface area contributed by atoms with Gasteiger partial charge in [-0.3, -0.25) is 14.4 Å². The van der Waals surface area contributed by atoms with Crippen LogP contribution in [0, 0.1) is 0 Å². The molecule has 7 heteroatoms. The summed E-state index contributed by atoms with van der Waals surface area (Å²) in [7, 11) is 1.60. The summed E-state index contributed by atoms with van der Waals surface area (Å²) in [5.74, 6) is -0.242. The van der Waals surface area contributed by atoms with Crippen LogP contribution in [0.1, 0.15) is 0 Å². The van der Waals surface area contributed by atoms with Crippen LogP contribution in [0.3, 0.4) is 0 Å². The molecule has 0 spiro atoms. The van der Waals surface area contributed by atoms with E-state index in [1.165, 1.54) is 9.80 Å². The topological polar surface area (TPSA) is 69.7 Å². The minimum atomic E-state index is -0.184. The number of carbonyl (C=O) groups is 3. The van der Waals surface area contributed by atoms with E-state index in [0.29, 0.717) is 13.1 Å². The molecule has 0 unspecified atom stereocenters. The summed E-state index contributed by atoms with van der Waals surface area (Å²) < 4.78 is 0. The van der Waals surface area contributed by atoms with Gasteiger partial charge in [0.2, 0.25) is 17.7 Å². The van der Waals surface area contributed by atoms with Crippen molar-refractivity contribution in [3.63, 3.8) is 0 Å². The van der Waals surface area contributed by atoms with Gasteiger partial charge in [-0.15, -0.1) is 0 Å². The zero-order chi connectivity index (χ0) is 12.1. The lowest BCUT2D eigenvalue weighted by molar-refractivity contribution is -0.148. The zero-order valence-electron chi connectivity index (χ0n) is 9.10. The number of carbonyl (C=O) groups excluding carboxylic acids is 3. The van der Waals surface area contributed by atoms with E-state index in [-0.39, 0.29) is 36.6 Å². The van der Waals surface area contributed by atoms with Crippen LogP contribution in [0.5, 0.6) is 0 Å². The number of hydrogen-bond donors (Lipinski definition) is 2. The van der Waals surface area contributed by atoms with Crippen LogP contribution in [0.25, 0.3) is 0 Å². The van der Waals surface area contributed by atoms with Gasteiger partial charge >= 0.3 is 0 Å². The first-order valence-corrected chi connectivity index (χ1v) is 5.57. The molecule has 3 amide bonds. The van der Waals surface area contributed by atoms with Crippen LogP contribution in [-0.2, 0) is 14.4 Å². The van der Waals surface area contributed by atoms with Crippen LogP contribution < -0.4 is 5.32 Å². The van der Waals surface area contributed by atoms with Gasteiger partial charge in [-0.25, -0.2) is 0 Å². The van der Waals surface area contributed by atoms with Gasteiger partial charge < -0.3 is 15.1 Å². The molecule has 1 aliphatic heterocycles. The molecule has 0 saturated carbocycles. The summed E-state index contributed by atoms with van der Waals surface area (Å²) in [4.78, 5) is 36.6. The summed E-state index contributed by atoms with van der Waals surface area (Å²) >= 11 is 3.81. The molecule has 1 heterocycles. The quantitative estimate of drug-likeness (QED) is 0.582. The number of amides is 3. The summed E-state index contributed by atoms with van der Waals surface area (Å²) in [5, 5.41) is 2.59. The number of nitrogens with one attached hydrogen (secondary N) is 1. The Bertz CT molecular complexity index is 308. The van der Waals surface area contributed by atoms with Gasteiger partial charge in [0.15, 0.2) is 0 Å². The fourth-order valence-electron chi connectivity index (χ4n) is 1.35. The highest BCUT2D eigenvalue weighted by atomic mass is 32.1. The van der Waals surface area contributed by atoms with Gasteiger partial charge in [0, 0.05) is 20.1 Å². The van der Waals surface area contributed by atoms with Crippen LogP contribution in [-0.4, -0.2) is 66.5 Å². The number of rotatable bonds is 4. The lowest BCUT2D eigenvalue weighted by Crippen LogP contribution is -2.53. The third-order valence-electron chi connectivity index (χ3n) is 2.32. The molecule has 16 heavy (non-hydrogen) atoms. The minimum absolute atomic E-state index is 0.0832. The second-order valence-corrected chi connectivity index (χ2v) is 3.89. The highest BCUT2D eigenvalue weighted by molar-refractivity contribution is 7.81. The normalized spacial score (nSPS) is 16.6. The van der Waals surface area contributed by atoms with Gasteiger partial charge in [0.05, 0.1) is 18.8 Å². The first kappa shape index (κ1) is 12.8. The van der Waals surface area contributed by atoms with Crippen molar-refractivity contribution >= 4 is 30.4 Å². The van der Waals surface area contributed by atoms with E-state index in [1.54, 1.807) is 7.05 Å². The van der Waals surface area contributed by atoms with Gasteiger partial charge in [-0.2, -0.15) is 12.6 Å². The van der Waals surface area contributed by atoms with Gasteiger partial charge in [0.1, 0.15) is 0 Å². The number of hydrogen-bond acceptors (Lipinski definition) is 4. The molecular formula is C9H15N3O3S. The SMILES string of the molecule is CN1CC(=O)N(CCNC(=O)CS)CC1=O. The van der Waals surface area contributed by atoms with E-state index in [1.807, 2.05) is 0 Å². The molecule has 0 aromatic rings. The summed E-state index contributed by atoms with van der Waals surface area (Å²) in [6.07, 6.45) is 0. The van der Waals surface area contributed by atoms with Crippen LogP contribution in [0.15, 0.2) is 0 Å². The molecule has 0 aromatic carbocycles. The Kier molecular flexibility index (Phi) is 4.60. The predicted octanol–water partition coefficient (Wildman–Crippen LogP) is -1.67. The van der Waals surface area contributed by atoms with Crippen LogP contribution in [0.4, 0.5) is 0 Å². The first-order chi connectivity index (χ1) is 7.54. The van der Waals surface area contributed by atoms with Gasteiger partial charge in [0.25, 0.3) is 0 Å². The smallest absolute Gasteiger partial charge is 0.242 e. The summed E-state index contributed by atoms with van der Waals surface area (Å²) in [6, 6.07) is 0. The molecule has 90 valence electrons.